The summed E-state index contributed by atoms with van der Waals surface area (Å²) in [7, 11) is 0. The Morgan fingerprint density at radius 3 is 2.75 bits per heavy atom. The van der Waals surface area contributed by atoms with E-state index in [1.54, 1.807) is 0 Å². The van der Waals surface area contributed by atoms with Gasteiger partial charge in [0.1, 0.15) is 11.6 Å². The average Bonchev–Trinajstić information content (AvgIpc) is 3.05. The molecule has 2 unspecified atom stereocenters. The number of carbonyl (C=O) groups excluding carboxylic acids is 1. The van der Waals surface area contributed by atoms with Gasteiger partial charge in [0.2, 0.25) is 5.91 Å². The Kier molecular flexibility index (Phi) is 5.46. The van der Waals surface area contributed by atoms with Crippen molar-refractivity contribution in [3.05, 3.63) is 35.4 Å². The number of amides is 1. The smallest absolute Gasteiger partial charge is 0.223 e. The van der Waals surface area contributed by atoms with Gasteiger partial charge in [-0.3, -0.25) is 9.69 Å². The maximum Gasteiger partial charge on any atom is 0.223 e. The highest BCUT2D eigenvalue weighted by atomic mass is 19.1. The van der Waals surface area contributed by atoms with Gasteiger partial charge in [-0.15, -0.1) is 0 Å². The third-order valence-electron chi connectivity index (χ3n) is 5.16. The summed E-state index contributed by atoms with van der Waals surface area (Å²) in [5.41, 5.74) is 0.405. The molecule has 0 spiro atoms. The number of rotatable bonds is 4. The van der Waals surface area contributed by atoms with E-state index >= 15 is 0 Å². The lowest BCUT2D eigenvalue weighted by molar-refractivity contribution is -0.130. The Bertz CT molecular complexity index is 590. The molecule has 6 heteroatoms. The van der Waals surface area contributed by atoms with Gasteiger partial charge in [0.25, 0.3) is 0 Å². The van der Waals surface area contributed by atoms with E-state index in [1.165, 1.54) is 12.1 Å². The summed E-state index contributed by atoms with van der Waals surface area (Å²) in [6, 6.07) is 4.01. The van der Waals surface area contributed by atoms with Crippen molar-refractivity contribution in [2.24, 2.45) is 0 Å². The van der Waals surface area contributed by atoms with Crippen molar-refractivity contribution in [2.75, 3.05) is 39.3 Å². The highest BCUT2D eigenvalue weighted by molar-refractivity contribution is 5.77. The van der Waals surface area contributed by atoms with Crippen molar-refractivity contribution < 1.29 is 13.6 Å². The Morgan fingerprint density at radius 1 is 1.29 bits per heavy atom. The molecule has 4 nitrogen and oxygen atoms in total. The average molecular weight is 337 g/mol. The van der Waals surface area contributed by atoms with E-state index in [4.69, 9.17) is 0 Å². The van der Waals surface area contributed by atoms with E-state index in [0.29, 0.717) is 11.6 Å². The van der Waals surface area contributed by atoms with E-state index in [9.17, 15) is 13.6 Å². The van der Waals surface area contributed by atoms with Gasteiger partial charge in [0.15, 0.2) is 0 Å². The lowest BCUT2D eigenvalue weighted by Gasteiger charge is -2.32. The molecule has 24 heavy (non-hydrogen) atoms. The summed E-state index contributed by atoms with van der Waals surface area (Å²) in [5.74, 6) is -1.36. The summed E-state index contributed by atoms with van der Waals surface area (Å²) >= 11 is 0. The topological polar surface area (TPSA) is 35.6 Å². The van der Waals surface area contributed by atoms with Crippen LogP contribution in [0, 0.1) is 11.6 Å². The number of nitrogens with zero attached hydrogens (tertiary/aromatic N) is 2. The highest BCUT2D eigenvalue weighted by Crippen LogP contribution is 2.25. The van der Waals surface area contributed by atoms with Crippen LogP contribution in [0.15, 0.2) is 18.2 Å². The SMILES string of the molecule is CC(CC(=O)N1CCC(N2CCNCC2)C1)c1ccc(F)cc1F. The van der Waals surface area contributed by atoms with Gasteiger partial charge >= 0.3 is 0 Å². The second-order valence-corrected chi connectivity index (χ2v) is 6.84. The van der Waals surface area contributed by atoms with Gasteiger partial charge < -0.3 is 10.2 Å². The predicted molar refractivity (Wildman–Crippen MR) is 88.8 cm³/mol. The van der Waals surface area contributed by atoms with E-state index in [1.807, 2.05) is 11.8 Å². The van der Waals surface area contributed by atoms with E-state index in [0.717, 1.165) is 51.8 Å². The normalized spacial score (nSPS) is 23.5. The Morgan fingerprint density at radius 2 is 2.04 bits per heavy atom. The molecule has 0 bridgehead atoms. The summed E-state index contributed by atoms with van der Waals surface area (Å²) < 4.78 is 26.9. The van der Waals surface area contributed by atoms with Crippen LogP contribution in [0.5, 0.6) is 0 Å². The van der Waals surface area contributed by atoms with Crippen LogP contribution in [0.25, 0.3) is 0 Å². The van der Waals surface area contributed by atoms with Gasteiger partial charge in [-0.1, -0.05) is 13.0 Å². The first-order valence-corrected chi connectivity index (χ1v) is 8.72. The molecule has 132 valence electrons. The molecule has 0 aromatic heterocycles. The van der Waals surface area contributed by atoms with Crippen LogP contribution >= 0.6 is 0 Å². The molecule has 2 aliphatic heterocycles. The van der Waals surface area contributed by atoms with Gasteiger partial charge in [-0.25, -0.2) is 8.78 Å². The van der Waals surface area contributed by atoms with Crippen LogP contribution in [-0.4, -0.2) is 61.0 Å². The third-order valence-corrected chi connectivity index (χ3v) is 5.16. The number of benzene rings is 1. The second-order valence-electron chi connectivity index (χ2n) is 6.84. The molecule has 1 N–H and O–H groups in total. The van der Waals surface area contributed by atoms with Crippen LogP contribution in [0.4, 0.5) is 8.78 Å². The molecular formula is C18H25F2N3O. The van der Waals surface area contributed by atoms with Crippen molar-refractivity contribution in [2.45, 2.75) is 31.7 Å². The molecule has 2 heterocycles. The van der Waals surface area contributed by atoms with E-state index in [2.05, 4.69) is 10.2 Å². The lowest BCUT2D eigenvalue weighted by Crippen LogP contribution is -2.49. The molecule has 2 saturated heterocycles. The molecule has 0 radical (unpaired) electrons. The zero-order valence-electron chi connectivity index (χ0n) is 14.1. The Labute approximate surface area is 141 Å². The minimum atomic E-state index is -0.590. The minimum absolute atomic E-state index is 0.0591. The monoisotopic (exact) mass is 337 g/mol. The first-order chi connectivity index (χ1) is 11.5. The quantitative estimate of drug-likeness (QED) is 0.912. The van der Waals surface area contributed by atoms with Gasteiger partial charge in [0, 0.05) is 57.8 Å². The number of likely N-dealkylation sites (tertiary alicyclic amines) is 1. The van der Waals surface area contributed by atoms with Gasteiger partial charge in [-0.05, 0) is 24.0 Å². The predicted octanol–water partition coefficient (Wildman–Crippen LogP) is 1.96. The van der Waals surface area contributed by atoms with Crippen molar-refractivity contribution >= 4 is 5.91 Å². The molecule has 1 aromatic carbocycles. The fourth-order valence-corrected chi connectivity index (χ4v) is 3.72. The van der Waals surface area contributed by atoms with E-state index < -0.39 is 11.6 Å². The third kappa shape index (κ3) is 3.92. The van der Waals surface area contributed by atoms with Crippen molar-refractivity contribution in [3.63, 3.8) is 0 Å². The summed E-state index contributed by atoms with van der Waals surface area (Å²) in [6.07, 6.45) is 1.27. The van der Waals surface area contributed by atoms with Crippen molar-refractivity contribution in [1.82, 2.24) is 15.1 Å². The van der Waals surface area contributed by atoms with Crippen molar-refractivity contribution in [1.29, 1.82) is 0 Å². The molecular weight excluding hydrogens is 312 g/mol. The van der Waals surface area contributed by atoms with Gasteiger partial charge in [-0.2, -0.15) is 0 Å². The molecule has 0 saturated carbocycles. The molecule has 3 rings (SSSR count). The van der Waals surface area contributed by atoms with Crippen LogP contribution in [0.3, 0.4) is 0 Å². The molecule has 2 fully saturated rings. The number of halogens is 2. The van der Waals surface area contributed by atoms with Crippen LogP contribution < -0.4 is 5.32 Å². The van der Waals surface area contributed by atoms with Crippen LogP contribution in [0.2, 0.25) is 0 Å². The molecule has 1 amide bonds. The number of carbonyl (C=O) groups is 1. The minimum Gasteiger partial charge on any atom is -0.341 e. The van der Waals surface area contributed by atoms with Crippen molar-refractivity contribution in [3.8, 4) is 0 Å². The maximum absolute atomic E-state index is 13.9. The lowest BCUT2D eigenvalue weighted by atomic mass is 9.96. The Hall–Kier alpha value is -1.53. The second kappa shape index (κ2) is 7.57. The maximum atomic E-state index is 13.9. The number of piperazine rings is 1. The number of nitrogens with one attached hydrogen (secondary N) is 1. The number of hydrogen-bond acceptors (Lipinski definition) is 3. The van der Waals surface area contributed by atoms with Gasteiger partial charge in [0.05, 0.1) is 0 Å². The summed E-state index contributed by atoms with van der Waals surface area (Å²) in [5, 5.41) is 3.34. The fraction of sp³-hybridized carbons (Fsp3) is 0.611. The summed E-state index contributed by atoms with van der Waals surface area (Å²) in [6.45, 7) is 7.42. The first kappa shape index (κ1) is 17.3. The fourth-order valence-electron chi connectivity index (χ4n) is 3.72. The van der Waals surface area contributed by atoms with E-state index in [-0.39, 0.29) is 18.2 Å². The Balaban J connectivity index is 1.55. The first-order valence-electron chi connectivity index (χ1n) is 8.72. The molecule has 0 aliphatic carbocycles. The summed E-state index contributed by atoms with van der Waals surface area (Å²) in [4.78, 5) is 16.9. The molecule has 2 aliphatic rings. The largest absolute Gasteiger partial charge is 0.341 e. The zero-order chi connectivity index (χ0) is 17.1. The molecule has 2 atom stereocenters. The number of hydrogen-bond donors (Lipinski definition) is 1. The highest BCUT2D eigenvalue weighted by Gasteiger charge is 2.31. The zero-order valence-corrected chi connectivity index (χ0v) is 14.1. The molecule has 1 aromatic rings. The van der Waals surface area contributed by atoms with Crippen LogP contribution in [-0.2, 0) is 4.79 Å². The van der Waals surface area contributed by atoms with Crippen LogP contribution in [0.1, 0.15) is 31.2 Å². The standard InChI is InChI=1S/C18H25F2N3O/c1-13(16-3-2-14(19)11-17(16)20)10-18(24)23-7-4-15(12-23)22-8-5-21-6-9-22/h2-3,11,13,15,21H,4-10,12H2,1H3.